The molecule has 1 aliphatic carbocycles. The number of rotatable bonds is 6. The molecule has 1 fully saturated rings. The second kappa shape index (κ2) is 5.28. The first kappa shape index (κ1) is 13.4. The second-order valence-corrected chi connectivity index (χ2v) is 6.99. The summed E-state index contributed by atoms with van der Waals surface area (Å²) in [6.45, 7) is 2.15. The third-order valence-corrected chi connectivity index (χ3v) is 5.03. The highest BCUT2D eigenvalue weighted by atomic mass is 32.2. The Morgan fingerprint density at radius 2 is 1.94 bits per heavy atom. The van der Waals surface area contributed by atoms with Crippen LogP contribution in [0.15, 0.2) is 29.2 Å². The SMILES string of the molecule is CCS(=O)(=O)c1ccc(NCC(O)C2CC2)cc1. The maximum atomic E-state index is 11.6. The van der Waals surface area contributed by atoms with Gasteiger partial charge in [0.15, 0.2) is 9.84 Å². The number of nitrogens with one attached hydrogen (secondary N) is 1. The highest BCUT2D eigenvalue weighted by Crippen LogP contribution is 2.32. The second-order valence-electron chi connectivity index (χ2n) is 4.71. The van der Waals surface area contributed by atoms with E-state index >= 15 is 0 Å². The Hall–Kier alpha value is -1.07. The summed E-state index contributed by atoms with van der Waals surface area (Å²) in [7, 11) is -3.13. The number of aliphatic hydroxyl groups excluding tert-OH is 1. The van der Waals surface area contributed by atoms with Crippen LogP contribution in [-0.2, 0) is 9.84 Å². The fraction of sp³-hybridized carbons (Fsp3) is 0.538. The van der Waals surface area contributed by atoms with Crippen molar-refractivity contribution < 1.29 is 13.5 Å². The zero-order valence-corrected chi connectivity index (χ0v) is 11.3. The molecule has 0 radical (unpaired) electrons. The van der Waals surface area contributed by atoms with Gasteiger partial charge in [-0.3, -0.25) is 0 Å². The van der Waals surface area contributed by atoms with Gasteiger partial charge in [-0.25, -0.2) is 8.42 Å². The molecule has 0 amide bonds. The van der Waals surface area contributed by atoms with Crippen LogP contribution in [0, 0.1) is 5.92 Å². The van der Waals surface area contributed by atoms with E-state index in [0.29, 0.717) is 17.4 Å². The third kappa shape index (κ3) is 3.23. The fourth-order valence-corrected chi connectivity index (χ4v) is 2.70. The quantitative estimate of drug-likeness (QED) is 0.824. The molecule has 0 bridgehead atoms. The Morgan fingerprint density at radius 3 is 2.44 bits per heavy atom. The first-order chi connectivity index (χ1) is 8.53. The van der Waals surface area contributed by atoms with E-state index < -0.39 is 9.84 Å². The molecule has 0 aromatic heterocycles. The Kier molecular flexibility index (Phi) is 3.92. The minimum Gasteiger partial charge on any atom is -0.391 e. The lowest BCUT2D eigenvalue weighted by molar-refractivity contribution is 0.164. The lowest BCUT2D eigenvalue weighted by Gasteiger charge is -2.12. The summed E-state index contributed by atoms with van der Waals surface area (Å²) in [5.41, 5.74) is 0.838. The molecule has 2 N–H and O–H groups in total. The highest BCUT2D eigenvalue weighted by Gasteiger charge is 2.29. The van der Waals surface area contributed by atoms with E-state index in [2.05, 4.69) is 5.32 Å². The van der Waals surface area contributed by atoms with Gasteiger partial charge in [0.25, 0.3) is 0 Å². The molecule has 1 aromatic carbocycles. The van der Waals surface area contributed by atoms with Gasteiger partial charge in [-0.15, -0.1) is 0 Å². The molecule has 1 unspecified atom stereocenters. The van der Waals surface area contributed by atoms with E-state index in [9.17, 15) is 13.5 Å². The van der Waals surface area contributed by atoms with Gasteiger partial charge in [-0.1, -0.05) is 6.92 Å². The summed E-state index contributed by atoms with van der Waals surface area (Å²) in [4.78, 5) is 0.346. The van der Waals surface area contributed by atoms with Gasteiger partial charge in [0, 0.05) is 12.2 Å². The van der Waals surface area contributed by atoms with Gasteiger partial charge < -0.3 is 10.4 Å². The molecule has 0 saturated heterocycles. The summed E-state index contributed by atoms with van der Waals surface area (Å²) in [6, 6.07) is 6.68. The summed E-state index contributed by atoms with van der Waals surface area (Å²) in [6.07, 6.45) is 1.91. The van der Waals surface area contributed by atoms with E-state index in [-0.39, 0.29) is 11.9 Å². The molecular formula is C13H19NO3S. The Morgan fingerprint density at radius 1 is 1.33 bits per heavy atom. The van der Waals surface area contributed by atoms with Gasteiger partial charge in [-0.05, 0) is 43.0 Å². The molecule has 100 valence electrons. The van der Waals surface area contributed by atoms with Crippen molar-refractivity contribution in [3.05, 3.63) is 24.3 Å². The molecule has 0 aliphatic heterocycles. The normalized spacial score (nSPS) is 17.4. The minimum absolute atomic E-state index is 0.111. The van der Waals surface area contributed by atoms with Crippen LogP contribution >= 0.6 is 0 Å². The summed E-state index contributed by atoms with van der Waals surface area (Å²) >= 11 is 0. The van der Waals surface area contributed by atoms with Crippen molar-refractivity contribution in [1.82, 2.24) is 0 Å². The maximum Gasteiger partial charge on any atom is 0.178 e. The van der Waals surface area contributed by atoms with Gasteiger partial charge in [0.1, 0.15) is 0 Å². The van der Waals surface area contributed by atoms with E-state index in [4.69, 9.17) is 0 Å². The lowest BCUT2D eigenvalue weighted by atomic mass is 10.2. The van der Waals surface area contributed by atoms with Crippen molar-refractivity contribution in [1.29, 1.82) is 0 Å². The predicted molar refractivity (Wildman–Crippen MR) is 71.4 cm³/mol. The Balaban J connectivity index is 1.95. The summed E-state index contributed by atoms with van der Waals surface area (Å²) in [5.74, 6) is 0.553. The lowest BCUT2D eigenvalue weighted by Crippen LogP contribution is -2.21. The third-order valence-electron chi connectivity index (χ3n) is 3.27. The molecule has 0 heterocycles. The average molecular weight is 269 g/mol. The van der Waals surface area contributed by atoms with Crippen LogP contribution in [-0.4, -0.2) is 31.9 Å². The van der Waals surface area contributed by atoms with Crippen molar-refractivity contribution in [2.45, 2.75) is 30.8 Å². The molecule has 2 rings (SSSR count). The predicted octanol–water partition coefficient (Wildman–Crippen LogP) is 1.66. The van der Waals surface area contributed by atoms with E-state index in [1.54, 1.807) is 31.2 Å². The van der Waals surface area contributed by atoms with Crippen molar-refractivity contribution >= 4 is 15.5 Å². The van der Waals surface area contributed by atoms with Gasteiger partial charge in [0.05, 0.1) is 16.8 Å². The molecule has 1 aliphatic rings. The maximum absolute atomic E-state index is 11.6. The Bertz CT molecular complexity index is 491. The smallest absolute Gasteiger partial charge is 0.178 e. The van der Waals surface area contributed by atoms with Crippen LogP contribution < -0.4 is 5.32 Å². The van der Waals surface area contributed by atoms with Gasteiger partial charge >= 0.3 is 0 Å². The molecule has 1 saturated carbocycles. The van der Waals surface area contributed by atoms with Crippen molar-refractivity contribution in [3.8, 4) is 0 Å². The zero-order valence-electron chi connectivity index (χ0n) is 10.5. The Labute approximate surface area is 108 Å². The first-order valence-corrected chi connectivity index (χ1v) is 7.93. The zero-order chi connectivity index (χ0) is 13.2. The number of sulfone groups is 1. The van der Waals surface area contributed by atoms with Gasteiger partial charge in [0.2, 0.25) is 0 Å². The van der Waals surface area contributed by atoms with Crippen LogP contribution in [0.25, 0.3) is 0 Å². The topological polar surface area (TPSA) is 66.4 Å². The number of hydrogen-bond donors (Lipinski definition) is 2. The van der Waals surface area contributed by atoms with Crippen LogP contribution in [0.5, 0.6) is 0 Å². The van der Waals surface area contributed by atoms with Crippen LogP contribution in [0.3, 0.4) is 0 Å². The number of benzene rings is 1. The minimum atomic E-state index is -3.13. The summed E-state index contributed by atoms with van der Waals surface area (Å²) < 4.78 is 23.2. The fourth-order valence-electron chi connectivity index (χ4n) is 1.82. The van der Waals surface area contributed by atoms with Crippen LogP contribution in [0.2, 0.25) is 0 Å². The van der Waals surface area contributed by atoms with Crippen molar-refractivity contribution in [2.24, 2.45) is 5.92 Å². The number of anilines is 1. The monoisotopic (exact) mass is 269 g/mol. The van der Waals surface area contributed by atoms with E-state index in [0.717, 1.165) is 18.5 Å². The average Bonchev–Trinajstić information content (AvgIpc) is 3.20. The number of aliphatic hydroxyl groups is 1. The largest absolute Gasteiger partial charge is 0.391 e. The van der Waals surface area contributed by atoms with Crippen LogP contribution in [0.4, 0.5) is 5.69 Å². The number of hydrogen-bond acceptors (Lipinski definition) is 4. The van der Waals surface area contributed by atoms with E-state index in [1.165, 1.54) is 0 Å². The molecule has 1 atom stereocenters. The standard InChI is InChI=1S/C13H19NO3S/c1-2-18(16,17)12-7-5-11(6-8-12)14-9-13(15)10-3-4-10/h5-8,10,13-15H,2-4,9H2,1H3. The highest BCUT2D eigenvalue weighted by molar-refractivity contribution is 7.91. The summed E-state index contributed by atoms with van der Waals surface area (Å²) in [5, 5.41) is 12.8. The van der Waals surface area contributed by atoms with Crippen LogP contribution in [0.1, 0.15) is 19.8 Å². The van der Waals surface area contributed by atoms with Gasteiger partial charge in [-0.2, -0.15) is 0 Å². The molecule has 1 aromatic rings. The molecular weight excluding hydrogens is 250 g/mol. The molecule has 18 heavy (non-hydrogen) atoms. The van der Waals surface area contributed by atoms with Crippen molar-refractivity contribution in [3.63, 3.8) is 0 Å². The molecule has 0 spiro atoms. The molecule has 5 heteroatoms. The first-order valence-electron chi connectivity index (χ1n) is 6.27. The van der Waals surface area contributed by atoms with E-state index in [1.807, 2.05) is 0 Å². The van der Waals surface area contributed by atoms with Crippen molar-refractivity contribution in [2.75, 3.05) is 17.6 Å². The molecule has 4 nitrogen and oxygen atoms in total.